The van der Waals surface area contributed by atoms with Crippen LogP contribution >= 0.6 is 0 Å². The maximum Gasteiger partial charge on any atom is 0.407 e. The number of rotatable bonds is 11. The summed E-state index contributed by atoms with van der Waals surface area (Å²) in [5.41, 5.74) is 5.38. The monoisotopic (exact) mass is 996 g/mol. The number of nitrogens with one attached hydrogen (secondary N) is 4. The van der Waals surface area contributed by atoms with Crippen LogP contribution in [-0.2, 0) is 19.1 Å². The molecule has 2 aromatic heterocycles. The summed E-state index contributed by atoms with van der Waals surface area (Å²) in [5.74, 6) is -5.70. The highest BCUT2D eigenvalue weighted by Crippen LogP contribution is 2.45. The van der Waals surface area contributed by atoms with Crippen LogP contribution in [0.2, 0.25) is 0 Å². The Bertz CT molecular complexity index is 2780. The number of amides is 4. The van der Waals surface area contributed by atoms with E-state index in [1.54, 1.807) is 22.2 Å². The largest absolute Gasteiger partial charge is 0.453 e. The number of fused-ring (bicyclic) bond motifs is 1. The number of ether oxygens (including phenoxy) is 2. The summed E-state index contributed by atoms with van der Waals surface area (Å²) in [4.78, 5) is 73.7. The second kappa shape index (κ2) is 20.2. The number of H-pyrrole nitrogens is 2. The van der Waals surface area contributed by atoms with Crippen molar-refractivity contribution in [3.8, 4) is 33.6 Å². The van der Waals surface area contributed by atoms with Crippen LogP contribution in [0.1, 0.15) is 116 Å². The Balaban J connectivity index is 0.886. The molecular weight excluding hydrogens is 933 g/mol. The maximum absolute atomic E-state index is 14.4. The molecule has 4 heterocycles. The highest BCUT2D eigenvalue weighted by atomic mass is 19.3. The van der Waals surface area contributed by atoms with Crippen molar-refractivity contribution in [2.24, 2.45) is 23.7 Å². The minimum Gasteiger partial charge on any atom is -0.453 e. The number of nitrogens with zero attached hydrogens (tertiary/aromatic N) is 4. The van der Waals surface area contributed by atoms with Gasteiger partial charge in [0.2, 0.25) is 23.7 Å². The average molecular weight is 997 g/mol. The fraction of sp³-hybridized carbons (Fsp3) is 0.519. The summed E-state index contributed by atoms with van der Waals surface area (Å²) >= 11 is 0. The zero-order valence-electron chi connectivity index (χ0n) is 41.5. The van der Waals surface area contributed by atoms with Gasteiger partial charge in [0.25, 0.3) is 0 Å². The third kappa shape index (κ3) is 10.3. The highest BCUT2D eigenvalue weighted by molar-refractivity contribution is 5.91. The van der Waals surface area contributed by atoms with Gasteiger partial charge in [0.15, 0.2) is 0 Å². The molecule has 0 radical (unpaired) electrons. The summed E-state index contributed by atoms with van der Waals surface area (Å²) in [6, 6.07) is 17.3. The van der Waals surface area contributed by atoms with Gasteiger partial charge in [-0.2, -0.15) is 0 Å². The number of likely N-dealkylation sites (tertiary alicyclic amines) is 2. The van der Waals surface area contributed by atoms with E-state index in [0.717, 1.165) is 44.4 Å². The van der Waals surface area contributed by atoms with Crippen molar-refractivity contribution in [3.05, 3.63) is 84.7 Å². The fourth-order valence-electron chi connectivity index (χ4n) is 11.6. The summed E-state index contributed by atoms with van der Waals surface area (Å²) in [5, 5.41) is 7.41. The van der Waals surface area contributed by atoms with Crippen LogP contribution in [0.4, 0.5) is 27.2 Å². The van der Waals surface area contributed by atoms with Crippen molar-refractivity contribution in [1.82, 2.24) is 40.4 Å². The van der Waals surface area contributed by atoms with E-state index in [9.17, 15) is 36.7 Å². The molecule has 0 spiro atoms. The number of carbonyl (C=O) groups is 4. The number of methoxy groups -OCH3 is 2. The molecule has 4 aliphatic rings. The van der Waals surface area contributed by atoms with Gasteiger partial charge in [-0.05, 0) is 116 Å². The van der Waals surface area contributed by atoms with Gasteiger partial charge in [-0.25, -0.2) is 37.1 Å². The number of aromatic nitrogens is 4. The molecule has 2 saturated heterocycles. The first-order valence-corrected chi connectivity index (χ1v) is 25.2. The Morgan fingerprint density at radius 1 is 0.583 bits per heavy atom. The second-order valence-electron chi connectivity index (χ2n) is 20.8. The quantitative estimate of drug-likeness (QED) is 0.0946. The van der Waals surface area contributed by atoms with Crippen molar-refractivity contribution in [2.45, 2.75) is 140 Å². The van der Waals surface area contributed by atoms with Gasteiger partial charge >= 0.3 is 12.2 Å². The summed E-state index contributed by atoms with van der Waals surface area (Å²) in [6.45, 7) is 8.07. The van der Waals surface area contributed by atoms with Gasteiger partial charge in [-0.1, -0.05) is 62.4 Å². The van der Waals surface area contributed by atoms with Crippen molar-refractivity contribution in [2.75, 3.05) is 14.2 Å². The summed E-state index contributed by atoms with van der Waals surface area (Å²) in [6.07, 6.45) is 2.28. The van der Waals surface area contributed by atoms with Crippen molar-refractivity contribution < 1.29 is 46.2 Å². The number of hydrogen-bond donors (Lipinski definition) is 4. The zero-order valence-corrected chi connectivity index (χ0v) is 41.5. The van der Waals surface area contributed by atoms with Gasteiger partial charge < -0.3 is 39.9 Å². The number of alkyl halides is 4. The first kappa shape index (κ1) is 50.5. The van der Waals surface area contributed by atoms with E-state index in [4.69, 9.17) is 19.4 Å². The molecule has 0 unspecified atom stereocenters. The molecule has 18 heteroatoms. The number of imidazole rings is 2. The van der Waals surface area contributed by atoms with E-state index in [1.165, 1.54) is 14.2 Å². The van der Waals surface area contributed by atoms with E-state index in [1.807, 2.05) is 44.2 Å². The SMILES string of the molecule is COC(=O)N[C@H](C(=O)N1[C@H](C)[C@H](C)C[C@H]1c1ncc(-c2ccc(-c3ccc4cc(-c5cnc([C@@H]6C[C@@H](C)[C@@H](C)N6C(=O)[C@@H](NC(=O)OC)C6CCC(F)(F)CC6)[nH]5)ccc4c3)cc2)[nH]1)C1CCC(F)(F)CC1. The normalized spacial score (nSPS) is 25.2. The molecule has 14 nitrogen and oxygen atoms in total. The molecule has 4 fully saturated rings. The number of carbonyl (C=O) groups excluding carboxylic acids is 4. The van der Waals surface area contributed by atoms with E-state index >= 15 is 0 Å². The minimum atomic E-state index is -2.79. The third-order valence-corrected chi connectivity index (χ3v) is 16.3. The van der Waals surface area contributed by atoms with Gasteiger partial charge in [-0.15, -0.1) is 0 Å². The van der Waals surface area contributed by atoms with E-state index in [0.29, 0.717) is 24.5 Å². The van der Waals surface area contributed by atoms with Gasteiger partial charge in [0.05, 0.1) is 50.1 Å². The lowest BCUT2D eigenvalue weighted by Gasteiger charge is -2.37. The van der Waals surface area contributed by atoms with Crippen LogP contribution in [-0.4, -0.2) is 104 Å². The van der Waals surface area contributed by atoms with E-state index in [2.05, 4.69) is 64.8 Å². The molecule has 72 heavy (non-hydrogen) atoms. The number of benzene rings is 3. The minimum absolute atomic E-state index is 0.108. The van der Waals surface area contributed by atoms with Gasteiger partial charge in [0, 0.05) is 43.3 Å². The first-order valence-electron chi connectivity index (χ1n) is 25.2. The third-order valence-electron chi connectivity index (χ3n) is 16.3. The number of aromatic amines is 2. The Labute approximate surface area is 416 Å². The van der Waals surface area contributed by atoms with Gasteiger partial charge in [0.1, 0.15) is 23.7 Å². The van der Waals surface area contributed by atoms with Crippen molar-refractivity contribution in [3.63, 3.8) is 0 Å². The number of alkyl carbamates (subject to hydrolysis) is 2. The molecule has 0 bridgehead atoms. The molecular formula is C54H64F4N8O6. The average Bonchev–Trinajstić information content (AvgIpc) is 4.18. The van der Waals surface area contributed by atoms with Crippen LogP contribution < -0.4 is 10.6 Å². The smallest absolute Gasteiger partial charge is 0.407 e. The predicted octanol–water partition coefficient (Wildman–Crippen LogP) is 11.0. The molecule has 5 aromatic rings. The van der Waals surface area contributed by atoms with Crippen molar-refractivity contribution >= 4 is 34.8 Å². The molecule has 9 rings (SSSR count). The van der Waals surface area contributed by atoms with E-state index < -0.39 is 60.0 Å². The van der Waals surface area contributed by atoms with Crippen LogP contribution in [0.25, 0.3) is 44.4 Å². The van der Waals surface area contributed by atoms with Crippen LogP contribution in [0.15, 0.2) is 73.1 Å². The Morgan fingerprint density at radius 2 is 0.958 bits per heavy atom. The lowest BCUT2D eigenvalue weighted by molar-refractivity contribution is -0.140. The number of halogens is 4. The van der Waals surface area contributed by atoms with Crippen LogP contribution in [0.3, 0.4) is 0 Å². The van der Waals surface area contributed by atoms with Crippen LogP contribution in [0, 0.1) is 23.7 Å². The predicted molar refractivity (Wildman–Crippen MR) is 263 cm³/mol. The molecule has 2 aliphatic carbocycles. The Morgan fingerprint density at radius 3 is 1.39 bits per heavy atom. The molecule has 384 valence electrons. The molecule has 4 N–H and O–H groups in total. The molecule has 8 atom stereocenters. The molecule has 4 amide bonds. The highest BCUT2D eigenvalue weighted by Gasteiger charge is 2.49. The lowest BCUT2D eigenvalue weighted by atomic mass is 9.81. The maximum atomic E-state index is 14.4. The Kier molecular flexibility index (Phi) is 14.2. The standard InChI is InChI=1S/C54H64F4N8O6/c1-29-23-43(65(31(29)3)49(67)45(63-51(69)71-5)35-15-19-53(55,56)20-16-35)47-59-27-41(61-47)34-9-7-33(8-10-34)37-11-12-39-26-40(14-13-38(39)25-37)42-28-60-48(62-42)44-24-30(2)32(4)66(44)50(68)46(64-52(70)72-6)36-17-21-54(57,58)22-18-36/h7-14,25-32,35-36,43-46H,15-24H2,1-6H3,(H,59,61)(H,60,62)(H,63,69)(H,64,70)/t29-,30-,31-,32-,43+,44+,45+,46+/m1/s1. The second-order valence-corrected chi connectivity index (χ2v) is 20.8. The van der Waals surface area contributed by atoms with E-state index in [-0.39, 0.29) is 87.1 Å². The lowest BCUT2D eigenvalue weighted by Crippen LogP contribution is -2.54. The van der Waals surface area contributed by atoms with Crippen LogP contribution in [0.5, 0.6) is 0 Å². The molecule has 2 saturated carbocycles. The Hall–Kier alpha value is -6.46. The van der Waals surface area contributed by atoms with Crippen molar-refractivity contribution in [1.29, 1.82) is 0 Å². The molecule has 2 aliphatic heterocycles. The number of hydrogen-bond acceptors (Lipinski definition) is 8. The summed E-state index contributed by atoms with van der Waals surface area (Å²) in [7, 11) is 2.43. The fourth-order valence-corrected chi connectivity index (χ4v) is 11.6. The summed E-state index contributed by atoms with van der Waals surface area (Å²) < 4.78 is 66.3. The zero-order chi connectivity index (χ0) is 51.2. The van der Waals surface area contributed by atoms with Gasteiger partial charge in [-0.3, -0.25) is 9.59 Å². The molecule has 3 aromatic carbocycles. The first-order chi connectivity index (χ1) is 34.3. The topological polar surface area (TPSA) is 175 Å².